The van der Waals surface area contributed by atoms with Gasteiger partial charge >= 0.3 is 0 Å². The summed E-state index contributed by atoms with van der Waals surface area (Å²) in [5, 5.41) is 0. The molecule has 0 saturated carbocycles. The summed E-state index contributed by atoms with van der Waals surface area (Å²) in [6.07, 6.45) is 10.6. The maximum atomic E-state index is 2.43. The predicted octanol–water partition coefficient (Wildman–Crippen LogP) is 1.70. The fourth-order valence-corrected chi connectivity index (χ4v) is 1.72. The van der Waals surface area contributed by atoms with Gasteiger partial charge in [-0.1, -0.05) is 18.5 Å². The summed E-state index contributed by atoms with van der Waals surface area (Å²) in [4.78, 5) is 2.43. The van der Waals surface area contributed by atoms with Crippen molar-refractivity contribution in [2.24, 2.45) is 0 Å². The van der Waals surface area contributed by atoms with Crippen LogP contribution in [0.4, 0.5) is 0 Å². The largest absolute Gasteiger partial charge is 0.417 e. The Morgan fingerprint density at radius 3 is 3.10 bits per heavy atom. The van der Waals surface area contributed by atoms with Crippen molar-refractivity contribution in [3.63, 3.8) is 0 Å². The van der Waals surface area contributed by atoms with Crippen LogP contribution in [0.5, 0.6) is 0 Å². The lowest BCUT2D eigenvalue weighted by molar-refractivity contribution is 0.506. The summed E-state index contributed by atoms with van der Waals surface area (Å²) >= 11 is 0. The van der Waals surface area contributed by atoms with Gasteiger partial charge in [-0.25, -0.2) is 0 Å². The average Bonchev–Trinajstić information content (AvgIpc) is 2.05. The highest BCUT2D eigenvalue weighted by Gasteiger charge is 2.22. The lowest BCUT2D eigenvalue weighted by atomic mass is 9.53. The van der Waals surface area contributed by atoms with E-state index < -0.39 is 0 Å². The van der Waals surface area contributed by atoms with E-state index in [9.17, 15) is 0 Å². The molecule has 0 aromatic heterocycles. The van der Waals surface area contributed by atoms with Gasteiger partial charge in [-0.3, -0.25) is 0 Å². The maximum absolute atomic E-state index is 2.43. The normalized spacial score (nSPS) is 23.2. The van der Waals surface area contributed by atoms with Crippen LogP contribution in [0.1, 0.15) is 12.8 Å². The summed E-state index contributed by atoms with van der Waals surface area (Å²) in [5.74, 6) is 2.30. The number of hydrogen-bond acceptors (Lipinski definition) is 1. The zero-order chi connectivity index (χ0) is 6.81. The first kappa shape index (κ1) is 6.08. The van der Waals surface area contributed by atoms with E-state index in [0.717, 1.165) is 6.85 Å². The molecule has 10 heavy (non-hydrogen) atoms. The topological polar surface area (TPSA) is 3.24 Å². The van der Waals surface area contributed by atoms with E-state index in [0.29, 0.717) is 0 Å². The van der Waals surface area contributed by atoms with E-state index in [1.165, 1.54) is 25.7 Å². The minimum atomic E-state index is 0.721. The quantitative estimate of drug-likeness (QED) is 0.454. The van der Waals surface area contributed by atoms with Crippen molar-refractivity contribution in [2.75, 3.05) is 6.54 Å². The standard InChI is InChI=1S/C8H12BN/c1-3-7-10-8-4-2-6-9(10)5-1/h1,3,5,7H,2,4,6,8H2. The third-order valence-corrected chi connectivity index (χ3v) is 2.31. The van der Waals surface area contributed by atoms with Gasteiger partial charge in [0.05, 0.1) is 0 Å². The third kappa shape index (κ3) is 0.983. The van der Waals surface area contributed by atoms with Crippen molar-refractivity contribution >= 4 is 6.85 Å². The first-order valence-corrected chi connectivity index (χ1v) is 4.07. The second-order valence-electron chi connectivity index (χ2n) is 3.03. The SMILES string of the molecule is C1=CB2CCCCN2C=C1. The molecular weight excluding hydrogens is 121 g/mol. The molecule has 52 valence electrons. The van der Waals surface area contributed by atoms with E-state index in [4.69, 9.17) is 0 Å². The Morgan fingerprint density at radius 2 is 2.20 bits per heavy atom. The second-order valence-corrected chi connectivity index (χ2v) is 3.03. The van der Waals surface area contributed by atoms with Gasteiger partial charge in [0, 0.05) is 6.54 Å². The van der Waals surface area contributed by atoms with Crippen LogP contribution in [0.15, 0.2) is 24.3 Å². The maximum Gasteiger partial charge on any atom is 0.280 e. The molecular formula is C8H12BN. The number of allylic oxidation sites excluding steroid dienone is 2. The number of hydrogen-bond donors (Lipinski definition) is 0. The Hall–Kier alpha value is -0.655. The zero-order valence-electron chi connectivity index (χ0n) is 6.16. The van der Waals surface area contributed by atoms with Crippen molar-refractivity contribution in [3.8, 4) is 0 Å². The lowest BCUT2D eigenvalue weighted by Crippen LogP contribution is -2.38. The molecule has 0 unspecified atom stereocenters. The van der Waals surface area contributed by atoms with Crippen LogP contribution < -0.4 is 0 Å². The van der Waals surface area contributed by atoms with Crippen LogP contribution >= 0.6 is 0 Å². The molecule has 0 amide bonds. The molecule has 1 fully saturated rings. The molecule has 0 aromatic carbocycles. The van der Waals surface area contributed by atoms with Crippen molar-refractivity contribution in [3.05, 3.63) is 24.3 Å². The molecule has 0 N–H and O–H groups in total. The van der Waals surface area contributed by atoms with Crippen molar-refractivity contribution in [1.82, 2.24) is 4.81 Å². The Labute approximate surface area is 62.5 Å². The van der Waals surface area contributed by atoms with Crippen LogP contribution in [0.25, 0.3) is 0 Å². The monoisotopic (exact) mass is 133 g/mol. The minimum Gasteiger partial charge on any atom is -0.417 e. The van der Waals surface area contributed by atoms with E-state index in [-0.39, 0.29) is 0 Å². The average molecular weight is 133 g/mol. The summed E-state index contributed by atoms with van der Waals surface area (Å²) in [5.41, 5.74) is 0. The summed E-state index contributed by atoms with van der Waals surface area (Å²) < 4.78 is 0. The van der Waals surface area contributed by atoms with Gasteiger partial charge in [-0.15, -0.1) is 0 Å². The van der Waals surface area contributed by atoms with Crippen LogP contribution in [-0.2, 0) is 0 Å². The van der Waals surface area contributed by atoms with Gasteiger partial charge in [0.15, 0.2) is 0 Å². The molecule has 2 aliphatic heterocycles. The Morgan fingerprint density at radius 1 is 1.20 bits per heavy atom. The van der Waals surface area contributed by atoms with Crippen LogP contribution in [0.2, 0.25) is 6.32 Å². The Kier molecular flexibility index (Phi) is 1.54. The summed E-state index contributed by atoms with van der Waals surface area (Å²) in [7, 11) is 0. The van der Waals surface area contributed by atoms with E-state index >= 15 is 0 Å². The first-order chi connectivity index (χ1) is 4.97. The molecule has 0 bridgehead atoms. The van der Waals surface area contributed by atoms with Crippen LogP contribution in [-0.4, -0.2) is 18.2 Å². The van der Waals surface area contributed by atoms with Crippen LogP contribution in [0.3, 0.4) is 0 Å². The molecule has 0 atom stereocenters. The van der Waals surface area contributed by atoms with Gasteiger partial charge < -0.3 is 4.81 Å². The van der Waals surface area contributed by atoms with E-state index in [1.807, 2.05) is 0 Å². The van der Waals surface area contributed by atoms with Gasteiger partial charge in [0.1, 0.15) is 0 Å². The van der Waals surface area contributed by atoms with Crippen molar-refractivity contribution in [2.45, 2.75) is 19.2 Å². The highest BCUT2D eigenvalue weighted by atomic mass is 15.0. The van der Waals surface area contributed by atoms with Crippen molar-refractivity contribution in [1.29, 1.82) is 0 Å². The Balaban J connectivity index is 2.09. The van der Waals surface area contributed by atoms with Crippen molar-refractivity contribution < 1.29 is 0 Å². The Bertz CT molecular complexity index is 154. The minimum absolute atomic E-state index is 0.721. The molecule has 1 nitrogen and oxygen atoms in total. The fraction of sp³-hybridized carbons (Fsp3) is 0.500. The first-order valence-electron chi connectivity index (χ1n) is 4.07. The predicted molar refractivity (Wildman–Crippen MR) is 44.8 cm³/mol. The van der Waals surface area contributed by atoms with Gasteiger partial charge in [0.25, 0.3) is 6.85 Å². The number of rotatable bonds is 0. The third-order valence-electron chi connectivity index (χ3n) is 2.31. The van der Waals surface area contributed by atoms with Gasteiger partial charge in [-0.05, 0) is 25.0 Å². The highest BCUT2D eigenvalue weighted by Crippen LogP contribution is 2.18. The molecule has 2 heterocycles. The zero-order valence-corrected chi connectivity index (χ0v) is 6.16. The van der Waals surface area contributed by atoms with Crippen LogP contribution in [0, 0.1) is 0 Å². The molecule has 2 heteroatoms. The van der Waals surface area contributed by atoms with E-state index in [1.54, 1.807) is 0 Å². The van der Waals surface area contributed by atoms with Gasteiger partial charge in [0.2, 0.25) is 0 Å². The smallest absolute Gasteiger partial charge is 0.280 e. The molecule has 0 spiro atoms. The van der Waals surface area contributed by atoms with E-state index in [2.05, 4.69) is 29.1 Å². The van der Waals surface area contributed by atoms with Gasteiger partial charge in [-0.2, -0.15) is 0 Å². The molecule has 0 aliphatic carbocycles. The summed E-state index contributed by atoms with van der Waals surface area (Å²) in [6, 6.07) is 0. The number of nitrogens with zero attached hydrogens (tertiary/aromatic N) is 1. The molecule has 1 saturated heterocycles. The molecule has 0 aromatic rings. The highest BCUT2D eigenvalue weighted by molar-refractivity contribution is 6.62. The fourth-order valence-electron chi connectivity index (χ4n) is 1.72. The molecule has 0 radical (unpaired) electrons. The lowest BCUT2D eigenvalue weighted by Gasteiger charge is -2.31. The summed E-state index contributed by atoms with van der Waals surface area (Å²) in [6.45, 7) is 1.98. The molecule has 2 aliphatic rings. The number of fused-ring (bicyclic) bond motifs is 1. The molecule has 2 rings (SSSR count). The second kappa shape index (κ2) is 2.53.